The minimum atomic E-state index is -0.876. The maximum Gasteiger partial charge on any atom is 0.166 e. The molecule has 1 aliphatic rings. The molecular weight excluding hydrogens is 222 g/mol. The first kappa shape index (κ1) is 12.0. The van der Waals surface area contributed by atoms with Crippen LogP contribution in [0, 0.1) is 17.0 Å². The summed E-state index contributed by atoms with van der Waals surface area (Å²) in [4.78, 5) is 11.6. The Hall–Kier alpha value is -1.51. The lowest BCUT2D eigenvalue weighted by Gasteiger charge is -2.29. The number of carbonyl (C=O) groups excluding carboxylic acids is 1. The first-order chi connectivity index (χ1) is 7.89. The smallest absolute Gasteiger partial charge is 0.166 e. The fourth-order valence-corrected chi connectivity index (χ4v) is 2.27. The third kappa shape index (κ3) is 2.43. The Balaban J connectivity index is 2.47. The molecule has 0 aliphatic heterocycles. The zero-order valence-corrected chi connectivity index (χ0v) is 9.89. The zero-order valence-electron chi connectivity index (χ0n) is 9.89. The van der Waals surface area contributed by atoms with Gasteiger partial charge in [0.05, 0.1) is 0 Å². The first-order valence-corrected chi connectivity index (χ1v) is 5.57. The Bertz CT molecular complexity index is 501. The van der Waals surface area contributed by atoms with Crippen LogP contribution in [0.25, 0.3) is 5.57 Å². The number of benzene rings is 1. The van der Waals surface area contributed by atoms with E-state index in [9.17, 15) is 13.6 Å². The molecule has 2 rings (SSSR count). The van der Waals surface area contributed by atoms with Gasteiger partial charge < -0.3 is 0 Å². The van der Waals surface area contributed by atoms with Crippen LogP contribution in [-0.2, 0) is 4.79 Å². The average Bonchev–Trinajstić information content (AvgIpc) is 2.19. The van der Waals surface area contributed by atoms with Crippen molar-refractivity contribution in [3.63, 3.8) is 0 Å². The zero-order chi connectivity index (χ0) is 12.6. The molecule has 0 bridgehead atoms. The number of rotatable bonds is 1. The van der Waals surface area contributed by atoms with Crippen LogP contribution >= 0.6 is 0 Å². The van der Waals surface area contributed by atoms with Crippen molar-refractivity contribution in [3.8, 4) is 0 Å². The number of allylic oxidation sites excluding steroid dienone is 2. The van der Waals surface area contributed by atoms with E-state index in [0.717, 1.165) is 6.07 Å². The SMILES string of the molecule is CC1(C)CC(=O)C=C(c2cccc(F)c2F)C1. The fraction of sp³-hybridized carbons (Fsp3) is 0.357. The third-order valence-corrected chi connectivity index (χ3v) is 2.95. The molecule has 0 saturated heterocycles. The first-order valence-electron chi connectivity index (χ1n) is 5.57. The van der Waals surface area contributed by atoms with Crippen LogP contribution in [0.3, 0.4) is 0 Å². The monoisotopic (exact) mass is 236 g/mol. The molecule has 0 amide bonds. The van der Waals surface area contributed by atoms with Gasteiger partial charge in [-0.05, 0) is 29.6 Å². The predicted molar refractivity (Wildman–Crippen MR) is 62.4 cm³/mol. The van der Waals surface area contributed by atoms with Crippen LogP contribution in [0.5, 0.6) is 0 Å². The number of carbonyl (C=O) groups is 1. The second kappa shape index (κ2) is 4.06. The normalized spacial score (nSPS) is 19.1. The summed E-state index contributed by atoms with van der Waals surface area (Å²) in [6, 6.07) is 4.05. The topological polar surface area (TPSA) is 17.1 Å². The Kier molecular flexibility index (Phi) is 2.86. The summed E-state index contributed by atoms with van der Waals surface area (Å²) in [7, 11) is 0. The summed E-state index contributed by atoms with van der Waals surface area (Å²) in [6.07, 6.45) is 2.47. The van der Waals surface area contributed by atoms with E-state index in [4.69, 9.17) is 0 Å². The summed E-state index contributed by atoms with van der Waals surface area (Å²) in [6.45, 7) is 3.91. The lowest BCUT2D eigenvalue weighted by Crippen LogP contribution is -2.21. The lowest BCUT2D eigenvalue weighted by atomic mass is 9.75. The molecule has 0 saturated carbocycles. The maximum absolute atomic E-state index is 13.6. The van der Waals surface area contributed by atoms with Crippen LogP contribution in [0.15, 0.2) is 24.3 Å². The Morgan fingerprint density at radius 1 is 1.18 bits per heavy atom. The van der Waals surface area contributed by atoms with Gasteiger partial charge in [0.1, 0.15) is 0 Å². The van der Waals surface area contributed by atoms with Gasteiger partial charge in [-0.25, -0.2) is 8.78 Å². The summed E-state index contributed by atoms with van der Waals surface area (Å²) in [5.74, 6) is -1.77. The van der Waals surface area contributed by atoms with Gasteiger partial charge in [0.25, 0.3) is 0 Å². The predicted octanol–water partition coefficient (Wildman–Crippen LogP) is 3.74. The Labute approximate surface area is 99.1 Å². The Morgan fingerprint density at radius 3 is 2.53 bits per heavy atom. The van der Waals surface area contributed by atoms with E-state index in [1.165, 1.54) is 18.2 Å². The molecule has 0 spiro atoms. The standard InChI is InChI=1S/C14H14F2O/c1-14(2)7-9(6-10(17)8-14)11-4-3-5-12(15)13(11)16/h3-6H,7-8H2,1-2H3. The molecule has 1 aromatic carbocycles. The molecule has 0 fully saturated rings. The minimum Gasteiger partial charge on any atom is -0.295 e. The molecule has 0 unspecified atom stereocenters. The second-order valence-electron chi connectivity index (χ2n) is 5.26. The number of hydrogen-bond donors (Lipinski definition) is 0. The van der Waals surface area contributed by atoms with Crippen molar-refractivity contribution in [1.29, 1.82) is 0 Å². The van der Waals surface area contributed by atoms with Gasteiger partial charge in [0.2, 0.25) is 0 Å². The van der Waals surface area contributed by atoms with Crippen LogP contribution in [0.4, 0.5) is 8.78 Å². The van der Waals surface area contributed by atoms with Crippen LogP contribution < -0.4 is 0 Å². The third-order valence-electron chi connectivity index (χ3n) is 2.95. The van der Waals surface area contributed by atoms with Gasteiger partial charge in [0.15, 0.2) is 17.4 Å². The van der Waals surface area contributed by atoms with Crippen molar-refractivity contribution in [2.24, 2.45) is 5.41 Å². The van der Waals surface area contributed by atoms with Gasteiger partial charge in [-0.3, -0.25) is 4.79 Å². The second-order valence-corrected chi connectivity index (χ2v) is 5.26. The molecule has 0 N–H and O–H groups in total. The molecule has 1 nitrogen and oxygen atoms in total. The van der Waals surface area contributed by atoms with E-state index in [2.05, 4.69) is 0 Å². The van der Waals surface area contributed by atoms with Crippen LogP contribution in [-0.4, -0.2) is 5.78 Å². The van der Waals surface area contributed by atoms with Crippen LogP contribution in [0.2, 0.25) is 0 Å². The average molecular weight is 236 g/mol. The van der Waals surface area contributed by atoms with Crippen molar-refractivity contribution >= 4 is 11.4 Å². The number of ketones is 1. The molecular formula is C14H14F2O. The molecule has 1 aromatic rings. The molecule has 17 heavy (non-hydrogen) atoms. The largest absolute Gasteiger partial charge is 0.295 e. The summed E-state index contributed by atoms with van der Waals surface area (Å²) >= 11 is 0. The van der Waals surface area contributed by atoms with Crippen molar-refractivity contribution in [3.05, 3.63) is 41.5 Å². The highest BCUT2D eigenvalue weighted by molar-refractivity contribution is 5.99. The molecule has 0 heterocycles. The van der Waals surface area contributed by atoms with Crippen molar-refractivity contribution < 1.29 is 13.6 Å². The van der Waals surface area contributed by atoms with Crippen molar-refractivity contribution in [1.82, 2.24) is 0 Å². The maximum atomic E-state index is 13.6. The van der Waals surface area contributed by atoms with Gasteiger partial charge in [-0.2, -0.15) is 0 Å². The lowest BCUT2D eigenvalue weighted by molar-refractivity contribution is -0.116. The van der Waals surface area contributed by atoms with E-state index in [1.807, 2.05) is 13.8 Å². The van der Waals surface area contributed by atoms with E-state index >= 15 is 0 Å². The van der Waals surface area contributed by atoms with Crippen molar-refractivity contribution in [2.75, 3.05) is 0 Å². The molecule has 0 aromatic heterocycles. The molecule has 1 aliphatic carbocycles. The van der Waals surface area contributed by atoms with E-state index in [1.54, 1.807) is 0 Å². The summed E-state index contributed by atoms with van der Waals surface area (Å²) in [5, 5.41) is 0. The quantitative estimate of drug-likeness (QED) is 0.726. The molecule has 0 radical (unpaired) electrons. The van der Waals surface area contributed by atoms with Gasteiger partial charge in [-0.1, -0.05) is 26.0 Å². The van der Waals surface area contributed by atoms with Crippen LogP contribution in [0.1, 0.15) is 32.3 Å². The minimum absolute atomic E-state index is 0.0279. The van der Waals surface area contributed by atoms with E-state index in [-0.39, 0.29) is 16.8 Å². The summed E-state index contributed by atoms with van der Waals surface area (Å²) in [5.41, 5.74) is 0.592. The van der Waals surface area contributed by atoms with Crippen molar-refractivity contribution in [2.45, 2.75) is 26.7 Å². The molecule has 90 valence electrons. The number of hydrogen-bond acceptors (Lipinski definition) is 1. The van der Waals surface area contributed by atoms with E-state index in [0.29, 0.717) is 18.4 Å². The van der Waals surface area contributed by atoms with Gasteiger partial charge >= 0.3 is 0 Å². The van der Waals surface area contributed by atoms with E-state index < -0.39 is 11.6 Å². The highest BCUT2D eigenvalue weighted by Crippen LogP contribution is 2.38. The van der Waals surface area contributed by atoms with Gasteiger partial charge in [-0.15, -0.1) is 0 Å². The highest BCUT2D eigenvalue weighted by atomic mass is 19.2. The fourth-order valence-electron chi connectivity index (χ4n) is 2.27. The number of halogens is 2. The molecule has 0 atom stereocenters. The van der Waals surface area contributed by atoms with Gasteiger partial charge in [0, 0.05) is 12.0 Å². The highest BCUT2D eigenvalue weighted by Gasteiger charge is 2.29. The molecule has 3 heteroatoms. The summed E-state index contributed by atoms with van der Waals surface area (Å²) < 4.78 is 26.8. The Morgan fingerprint density at radius 2 is 1.88 bits per heavy atom.